The normalized spacial score (nSPS) is 11.1. The van der Waals surface area contributed by atoms with Gasteiger partial charge in [-0.3, -0.25) is 4.79 Å². The number of Topliss-reactive ketones (excluding diaryl/α,β-unsaturated/α-hetero) is 1. The molecule has 2 aromatic carbocycles. The summed E-state index contributed by atoms with van der Waals surface area (Å²) in [6.07, 6.45) is 6.20. The van der Waals surface area contributed by atoms with Gasteiger partial charge in [-0.2, -0.15) is 0 Å². The molecule has 0 unspecified atom stereocenters. The zero-order chi connectivity index (χ0) is 25.8. The SMILES string of the molecule is CCCCCCCN(CCc1ccc(OC(C)(C)C(=O)O)cc1)C(=O)Nc1ccc(C(C)=O)cc1. The van der Waals surface area contributed by atoms with E-state index in [1.54, 1.807) is 36.4 Å². The maximum Gasteiger partial charge on any atom is 0.347 e. The van der Waals surface area contributed by atoms with Gasteiger partial charge in [-0.15, -0.1) is 0 Å². The van der Waals surface area contributed by atoms with Crippen LogP contribution in [-0.2, 0) is 11.2 Å². The summed E-state index contributed by atoms with van der Waals surface area (Å²) in [5.41, 5.74) is 0.977. The quantitative estimate of drug-likeness (QED) is 0.248. The van der Waals surface area contributed by atoms with E-state index < -0.39 is 11.6 Å². The number of unbranched alkanes of at least 4 members (excludes halogenated alkanes) is 4. The topological polar surface area (TPSA) is 95.9 Å². The second-order valence-corrected chi connectivity index (χ2v) is 9.28. The summed E-state index contributed by atoms with van der Waals surface area (Å²) in [4.78, 5) is 37.6. The molecule has 0 radical (unpaired) electrons. The molecule has 7 heteroatoms. The number of amides is 2. The molecule has 2 rings (SSSR count). The van der Waals surface area contributed by atoms with Crippen molar-refractivity contribution in [3.8, 4) is 5.75 Å². The Morgan fingerprint density at radius 1 is 0.914 bits per heavy atom. The molecular weight excluding hydrogens is 444 g/mol. The molecule has 2 amide bonds. The third-order valence-electron chi connectivity index (χ3n) is 5.84. The summed E-state index contributed by atoms with van der Waals surface area (Å²) < 4.78 is 5.56. The Labute approximate surface area is 208 Å². The molecule has 190 valence electrons. The number of nitrogens with zero attached hydrogens (tertiary/aromatic N) is 1. The van der Waals surface area contributed by atoms with Gasteiger partial charge >= 0.3 is 12.0 Å². The molecule has 0 atom stereocenters. The first kappa shape index (κ1) is 27.9. The van der Waals surface area contributed by atoms with E-state index in [1.807, 2.05) is 17.0 Å². The lowest BCUT2D eigenvalue weighted by molar-refractivity contribution is -0.152. The van der Waals surface area contributed by atoms with Crippen LogP contribution in [0.1, 0.15) is 75.7 Å². The van der Waals surface area contributed by atoms with Crippen molar-refractivity contribution in [3.63, 3.8) is 0 Å². The lowest BCUT2D eigenvalue weighted by Gasteiger charge is -2.24. The third-order valence-corrected chi connectivity index (χ3v) is 5.84. The van der Waals surface area contributed by atoms with Gasteiger partial charge in [0.15, 0.2) is 11.4 Å². The fourth-order valence-electron chi connectivity index (χ4n) is 3.54. The molecule has 2 N–H and O–H groups in total. The smallest absolute Gasteiger partial charge is 0.347 e. The van der Waals surface area contributed by atoms with Crippen molar-refractivity contribution in [3.05, 3.63) is 59.7 Å². The summed E-state index contributed by atoms with van der Waals surface area (Å²) in [6, 6.07) is 14.0. The van der Waals surface area contributed by atoms with E-state index in [9.17, 15) is 19.5 Å². The number of carbonyl (C=O) groups is 3. The van der Waals surface area contributed by atoms with Crippen LogP contribution < -0.4 is 10.1 Å². The standard InChI is InChI=1S/C28H38N2O5/c1-5-6-7-8-9-19-30(27(34)29-24-14-12-23(13-15-24)21(2)31)20-18-22-10-16-25(17-11-22)35-28(3,4)26(32)33/h10-17H,5-9,18-20H2,1-4H3,(H,29,34)(H,32,33). The Kier molecular flexibility index (Phi) is 10.8. The van der Waals surface area contributed by atoms with Gasteiger partial charge in [-0.05, 0) is 75.6 Å². The van der Waals surface area contributed by atoms with Crippen LogP contribution in [-0.4, -0.2) is 46.5 Å². The number of anilines is 1. The molecule has 0 aliphatic rings. The van der Waals surface area contributed by atoms with Crippen LogP contribution in [0.25, 0.3) is 0 Å². The van der Waals surface area contributed by atoms with Crippen LogP contribution >= 0.6 is 0 Å². The number of carboxylic acids is 1. The van der Waals surface area contributed by atoms with Gasteiger partial charge in [0.05, 0.1) is 0 Å². The van der Waals surface area contributed by atoms with Crippen molar-refractivity contribution in [2.45, 2.75) is 71.8 Å². The average Bonchev–Trinajstić information content (AvgIpc) is 2.81. The summed E-state index contributed by atoms with van der Waals surface area (Å²) in [7, 11) is 0. The minimum absolute atomic E-state index is 0.0143. The Balaban J connectivity index is 2.00. The van der Waals surface area contributed by atoms with Crippen molar-refractivity contribution in [2.75, 3.05) is 18.4 Å². The molecule has 0 bridgehead atoms. The molecule has 35 heavy (non-hydrogen) atoms. The van der Waals surface area contributed by atoms with Gasteiger partial charge in [-0.1, -0.05) is 44.7 Å². The number of urea groups is 1. The van der Waals surface area contributed by atoms with Gasteiger partial charge in [0.25, 0.3) is 0 Å². The molecule has 0 spiro atoms. The molecule has 0 saturated carbocycles. The lowest BCUT2D eigenvalue weighted by Crippen LogP contribution is -2.38. The number of carbonyl (C=O) groups excluding carboxylic acids is 2. The summed E-state index contributed by atoms with van der Waals surface area (Å²) >= 11 is 0. The Morgan fingerprint density at radius 2 is 1.54 bits per heavy atom. The molecule has 0 aromatic heterocycles. The number of rotatable bonds is 14. The number of nitrogens with one attached hydrogen (secondary N) is 1. The predicted octanol–water partition coefficient (Wildman–Crippen LogP) is 6.18. The van der Waals surface area contributed by atoms with E-state index in [0.29, 0.717) is 36.5 Å². The van der Waals surface area contributed by atoms with E-state index >= 15 is 0 Å². The number of ketones is 1. The number of aliphatic carboxylic acids is 1. The monoisotopic (exact) mass is 482 g/mol. The van der Waals surface area contributed by atoms with E-state index in [-0.39, 0.29) is 11.8 Å². The van der Waals surface area contributed by atoms with Crippen molar-refractivity contribution in [1.29, 1.82) is 0 Å². The summed E-state index contributed by atoms with van der Waals surface area (Å²) in [5, 5.41) is 12.2. The average molecular weight is 483 g/mol. The lowest BCUT2D eigenvalue weighted by atomic mass is 10.1. The Morgan fingerprint density at radius 3 is 2.11 bits per heavy atom. The highest BCUT2D eigenvalue weighted by Gasteiger charge is 2.29. The van der Waals surface area contributed by atoms with Crippen LogP contribution in [0, 0.1) is 0 Å². The molecular formula is C28H38N2O5. The largest absolute Gasteiger partial charge is 0.478 e. The fraction of sp³-hybridized carbons (Fsp3) is 0.464. The first-order chi connectivity index (χ1) is 16.6. The molecule has 0 fully saturated rings. The van der Waals surface area contributed by atoms with Crippen molar-refractivity contribution in [2.24, 2.45) is 0 Å². The van der Waals surface area contributed by atoms with Crippen molar-refractivity contribution >= 4 is 23.5 Å². The molecule has 0 saturated heterocycles. The summed E-state index contributed by atoms with van der Waals surface area (Å²) in [6.45, 7) is 7.92. The zero-order valence-corrected chi connectivity index (χ0v) is 21.3. The number of ether oxygens (including phenoxy) is 1. The van der Waals surface area contributed by atoms with Crippen molar-refractivity contribution in [1.82, 2.24) is 4.90 Å². The maximum atomic E-state index is 13.0. The molecule has 2 aromatic rings. The second-order valence-electron chi connectivity index (χ2n) is 9.28. The van der Waals surface area contributed by atoms with E-state index in [4.69, 9.17) is 4.74 Å². The fourth-order valence-corrected chi connectivity index (χ4v) is 3.54. The molecule has 0 heterocycles. The van der Waals surface area contributed by atoms with Crippen LogP contribution in [0.5, 0.6) is 5.75 Å². The zero-order valence-electron chi connectivity index (χ0n) is 21.3. The second kappa shape index (κ2) is 13.5. The summed E-state index contributed by atoms with van der Waals surface area (Å²) in [5.74, 6) is -0.557. The van der Waals surface area contributed by atoms with Crippen LogP contribution in [0.4, 0.5) is 10.5 Å². The van der Waals surface area contributed by atoms with E-state index in [2.05, 4.69) is 12.2 Å². The first-order valence-corrected chi connectivity index (χ1v) is 12.3. The first-order valence-electron chi connectivity index (χ1n) is 12.3. The molecule has 0 aliphatic carbocycles. The number of benzene rings is 2. The van der Waals surface area contributed by atoms with Crippen molar-refractivity contribution < 1.29 is 24.2 Å². The molecule has 0 aliphatic heterocycles. The van der Waals surface area contributed by atoms with E-state index in [1.165, 1.54) is 33.6 Å². The Hall–Kier alpha value is -3.35. The highest BCUT2D eigenvalue weighted by atomic mass is 16.5. The maximum absolute atomic E-state index is 13.0. The number of hydrogen-bond donors (Lipinski definition) is 2. The Bertz CT molecular complexity index is 968. The number of carboxylic acid groups (broad SMARTS) is 1. The van der Waals surface area contributed by atoms with Gasteiger partial charge < -0.3 is 20.1 Å². The third kappa shape index (κ3) is 9.43. The van der Waals surface area contributed by atoms with Gasteiger partial charge in [0.1, 0.15) is 5.75 Å². The molecule has 7 nitrogen and oxygen atoms in total. The highest BCUT2D eigenvalue weighted by Crippen LogP contribution is 2.20. The minimum Gasteiger partial charge on any atom is -0.478 e. The van der Waals surface area contributed by atoms with Gasteiger partial charge in [0, 0.05) is 24.3 Å². The van der Waals surface area contributed by atoms with Crippen LogP contribution in [0.3, 0.4) is 0 Å². The van der Waals surface area contributed by atoms with Crippen LogP contribution in [0.15, 0.2) is 48.5 Å². The predicted molar refractivity (Wildman–Crippen MR) is 138 cm³/mol. The minimum atomic E-state index is -1.31. The van der Waals surface area contributed by atoms with E-state index in [0.717, 1.165) is 24.8 Å². The highest BCUT2D eigenvalue weighted by molar-refractivity contribution is 5.95. The van der Waals surface area contributed by atoms with Gasteiger partial charge in [-0.25, -0.2) is 9.59 Å². The van der Waals surface area contributed by atoms with Gasteiger partial charge in [0.2, 0.25) is 0 Å². The van der Waals surface area contributed by atoms with Crippen LogP contribution in [0.2, 0.25) is 0 Å². The number of hydrogen-bond acceptors (Lipinski definition) is 4.